The molecule has 748 valence electrons. The van der Waals surface area contributed by atoms with Crippen molar-refractivity contribution in [2.24, 2.45) is 21.7 Å². The molecule has 33 nitrogen and oxygen atoms in total. The second kappa shape index (κ2) is 56.7. The van der Waals surface area contributed by atoms with E-state index in [1.807, 2.05) is 143 Å². The molecule has 0 radical (unpaired) electrons. The Balaban J connectivity index is 0.000000586. The summed E-state index contributed by atoms with van der Waals surface area (Å²) >= 11 is 6.53. The lowest BCUT2D eigenvalue weighted by Gasteiger charge is -2.35. The zero-order valence-electron chi connectivity index (χ0n) is 81.7. The molecule has 3 unspecified atom stereocenters. The minimum Gasteiger partial charge on any atom is -0.493 e. The van der Waals surface area contributed by atoms with Crippen LogP contribution in [0, 0.1) is 53.8 Å². The number of hydrogen-bond donors (Lipinski definition) is 11. The average molecular weight is 1940 g/mol. The van der Waals surface area contributed by atoms with Crippen LogP contribution in [0.5, 0.6) is 17.2 Å². The Bertz CT molecular complexity index is 5470. The number of thioether (sulfide) groups is 1. The molecule has 0 bridgehead atoms. The number of benzene rings is 4. The molecular formula is C98H136F3N10O23S2+. The highest BCUT2D eigenvalue weighted by molar-refractivity contribution is 8.24. The first kappa shape index (κ1) is 119. The summed E-state index contributed by atoms with van der Waals surface area (Å²) in [7, 11) is 0. The normalized spacial score (nSPS) is 12.4. The maximum atomic E-state index is 13.1. The Kier molecular flexibility index (Phi) is 49.8. The fraction of sp³-hybridized carbons (Fsp3) is 0.500. The van der Waals surface area contributed by atoms with Crippen molar-refractivity contribution in [2.75, 3.05) is 78.7 Å². The SMILES string of the molecule is C=C(C)C(=O)NCCCOc1ccc2c(C)cc(=O)oc2c1.C=C(C)C(=O)NCCNC(=O)OC(C)(C)C.CC(C#N)(CCC(=O)O)SC(=S)c1ccccc1.CCC(C)(CC(C)(C)C(=O)NCCNC(=O)OC(C)(C)C)C(=O)NCCCOc1ccc2c(C)cc(=O)oc2c1.CCC(C)(CC(C)(C)C(=O)NCC[NH3+])C(=O)NCCCOc1ccc2c(C)cc(=O)oc2c1.O=C(O)C(F)(F)F. The number of fused-ring (bicyclic) bond motifs is 3. The third kappa shape index (κ3) is 45.6. The molecule has 7 rings (SSSR count). The average Bonchev–Trinajstić information content (AvgIpc) is 0.831. The lowest BCUT2D eigenvalue weighted by atomic mass is 9.71. The number of nitrogens with one attached hydrogen (secondary N) is 8. The summed E-state index contributed by atoms with van der Waals surface area (Å²) in [5.74, 6) is -2.64. The number of carboxylic acids is 2. The number of quaternary nitrogens is 1. The number of rotatable bonds is 40. The van der Waals surface area contributed by atoms with Gasteiger partial charge in [-0.25, -0.2) is 28.8 Å². The van der Waals surface area contributed by atoms with Crippen LogP contribution in [-0.4, -0.2) is 175 Å². The first-order valence-electron chi connectivity index (χ1n) is 44.2. The molecule has 136 heavy (non-hydrogen) atoms. The third-order valence-electron chi connectivity index (χ3n) is 20.0. The van der Waals surface area contributed by atoms with Crippen LogP contribution in [0.15, 0.2) is 155 Å². The first-order chi connectivity index (χ1) is 63.2. The summed E-state index contributed by atoms with van der Waals surface area (Å²) in [6.07, 6.45) is -2.00. The first-order valence-corrected chi connectivity index (χ1v) is 45.4. The molecule has 4 aromatic carbocycles. The number of carbonyl (C=O) groups excluding carboxylic acids is 8. The van der Waals surface area contributed by atoms with Crippen LogP contribution in [-0.2, 0) is 47.8 Å². The van der Waals surface area contributed by atoms with Gasteiger partial charge in [0, 0.05) is 138 Å². The van der Waals surface area contributed by atoms with Gasteiger partial charge in [-0.05, 0) is 193 Å². The summed E-state index contributed by atoms with van der Waals surface area (Å²) in [6, 6.07) is 32.1. The maximum absolute atomic E-state index is 13.1. The molecule has 0 aliphatic carbocycles. The molecule has 0 fully saturated rings. The number of amides is 8. The van der Waals surface area contributed by atoms with E-state index in [1.54, 1.807) is 80.5 Å². The summed E-state index contributed by atoms with van der Waals surface area (Å²) in [5, 5.41) is 49.7. The monoisotopic (exact) mass is 1940 g/mol. The quantitative estimate of drug-likeness (QED) is 0.00735. The molecule has 8 amide bonds. The smallest absolute Gasteiger partial charge is 0.490 e. The van der Waals surface area contributed by atoms with Gasteiger partial charge in [0.25, 0.3) is 0 Å². The highest BCUT2D eigenvalue weighted by Crippen LogP contribution is 2.39. The number of nitriles is 1. The van der Waals surface area contributed by atoms with Crippen LogP contribution >= 0.6 is 24.0 Å². The van der Waals surface area contributed by atoms with E-state index in [-0.39, 0.29) is 72.6 Å². The van der Waals surface area contributed by atoms with Gasteiger partial charge in [-0.3, -0.25) is 33.6 Å². The molecule has 0 aliphatic rings. The highest BCUT2D eigenvalue weighted by atomic mass is 32.2. The molecule has 3 heterocycles. The van der Waals surface area contributed by atoms with Crippen LogP contribution in [0.1, 0.15) is 198 Å². The number of carboxylic acid groups (broad SMARTS) is 2. The molecule has 0 saturated heterocycles. The zero-order chi connectivity index (χ0) is 103. The fourth-order valence-corrected chi connectivity index (χ4v) is 14.1. The van der Waals surface area contributed by atoms with E-state index in [4.69, 9.17) is 64.2 Å². The van der Waals surface area contributed by atoms with Gasteiger partial charge in [-0.15, -0.1) is 0 Å². The van der Waals surface area contributed by atoms with Gasteiger partial charge in [-0.2, -0.15) is 18.4 Å². The van der Waals surface area contributed by atoms with Crippen molar-refractivity contribution in [2.45, 2.75) is 218 Å². The second-order valence-electron chi connectivity index (χ2n) is 35.9. The van der Waals surface area contributed by atoms with E-state index in [0.717, 1.165) is 38.4 Å². The van der Waals surface area contributed by atoms with Crippen LogP contribution in [0.2, 0.25) is 0 Å². The lowest BCUT2D eigenvalue weighted by molar-refractivity contribution is -0.364. The minimum absolute atomic E-state index is 0.0333. The Morgan fingerprint density at radius 3 is 1.10 bits per heavy atom. The van der Waals surface area contributed by atoms with Gasteiger partial charge in [-0.1, -0.05) is 123 Å². The number of thiocarbonyl (C=S) groups is 1. The van der Waals surface area contributed by atoms with Crippen molar-refractivity contribution >= 4 is 121 Å². The van der Waals surface area contributed by atoms with Gasteiger partial charge in [0.05, 0.1) is 43.2 Å². The highest BCUT2D eigenvalue weighted by Gasteiger charge is 2.43. The van der Waals surface area contributed by atoms with Crippen LogP contribution < -0.4 is 79.4 Å². The third-order valence-corrected chi connectivity index (χ3v) is 21.6. The topological polar surface area (TPSA) is 496 Å². The van der Waals surface area contributed by atoms with E-state index < -0.39 is 73.5 Å². The molecule has 13 N–H and O–H groups in total. The van der Waals surface area contributed by atoms with Crippen LogP contribution in [0.4, 0.5) is 22.8 Å². The van der Waals surface area contributed by atoms with Crippen molar-refractivity contribution in [3.63, 3.8) is 0 Å². The lowest BCUT2D eigenvalue weighted by Crippen LogP contribution is -2.56. The number of nitrogens with zero attached hydrogens (tertiary/aromatic N) is 1. The Labute approximate surface area is 801 Å². The molecule has 7 aromatic rings. The minimum atomic E-state index is -5.08. The zero-order valence-corrected chi connectivity index (χ0v) is 83.3. The number of alkyl halides is 3. The van der Waals surface area contributed by atoms with E-state index in [1.165, 1.54) is 30.0 Å². The standard InChI is InChI=1S/C30H45N3O7.C25H37N3O5.C17H19NO4.C13H13NO2S2.C11H20N2O3.C2HF3O2/c1-9-30(8,19-29(6,7)25(35)32-14-15-33-27(37)40-28(3,4)5)26(36)31-13-10-16-38-21-11-12-22-20(2)17-24(34)39-23(22)18-21;1-6-25(5,16-24(3,4)22(30)28-12-10-26)23(31)27-11-7-13-32-18-8-9-19-17(2)14-21(29)33-20(19)15-18;1-11(2)17(20)18-7-4-8-21-13-5-6-14-12(3)9-16(19)22-15(14)10-13;1-13(9-14,8-7-11(15)16)18-12(17)10-5-3-2-4-6-10;1-8(2)9(14)12-6-7-13-10(15)16-11(3,4)5;3-2(4,5)1(6)7/h11-12,17-18H,9-10,13-16,19H2,1-8H3,(H,31,36)(H,32,35)(H,33,37);8-9,14-15H,6-7,10-13,16,26H2,1-5H3,(H,27,31)(H,28,30);5-6,9-10H,1,4,7-8H2,2-3H3,(H,18,20);2-6H,7-8H2,1H3,(H,15,16);1,6-7H2,2-5H3,(H,12,14)(H,13,15);(H,6,7)/p+1. The predicted octanol–water partition coefficient (Wildman–Crippen LogP) is 14.3. The van der Waals surface area contributed by atoms with Crippen molar-refractivity contribution in [1.29, 1.82) is 5.26 Å². The van der Waals surface area contributed by atoms with Gasteiger partial charge < -0.3 is 95.4 Å². The second-order valence-corrected chi connectivity index (χ2v) is 38.1. The number of ether oxygens (including phenoxy) is 5. The number of halogens is 3. The van der Waals surface area contributed by atoms with Crippen molar-refractivity contribution < 1.29 is 114 Å². The van der Waals surface area contributed by atoms with Gasteiger partial charge in [0.2, 0.25) is 35.4 Å². The predicted molar refractivity (Wildman–Crippen MR) is 520 cm³/mol. The number of aryl methyl sites for hydroxylation is 3. The van der Waals surface area contributed by atoms with Crippen molar-refractivity contribution in [3.8, 4) is 23.3 Å². The molecule has 3 aromatic heterocycles. The van der Waals surface area contributed by atoms with Crippen molar-refractivity contribution in [1.82, 2.24) is 42.5 Å². The Morgan fingerprint density at radius 1 is 0.478 bits per heavy atom. The van der Waals surface area contributed by atoms with E-state index >= 15 is 0 Å². The Hall–Kier alpha value is -12.6. The molecular weight excluding hydrogens is 1810 g/mol. The summed E-state index contributed by atoms with van der Waals surface area (Å²) in [6.45, 7) is 48.3. The molecule has 0 spiro atoms. The number of carbonyl (C=O) groups is 10. The Morgan fingerprint density at radius 2 is 0.794 bits per heavy atom. The van der Waals surface area contributed by atoms with Crippen LogP contribution in [0.3, 0.4) is 0 Å². The van der Waals surface area contributed by atoms with Gasteiger partial charge in [0.15, 0.2) is 0 Å². The van der Waals surface area contributed by atoms with E-state index in [0.29, 0.717) is 160 Å². The fourth-order valence-electron chi connectivity index (χ4n) is 12.5. The van der Waals surface area contributed by atoms with Crippen molar-refractivity contribution in [3.05, 3.63) is 181 Å². The molecule has 3 atom stereocenters. The summed E-state index contributed by atoms with van der Waals surface area (Å²) in [5.41, 5.74) is 4.48. The molecule has 0 saturated carbocycles. The summed E-state index contributed by atoms with van der Waals surface area (Å²) in [4.78, 5) is 151. The largest absolute Gasteiger partial charge is 0.493 e. The number of hydrogen-bond acceptors (Lipinski definition) is 24. The van der Waals surface area contributed by atoms with E-state index in [9.17, 15) is 76.0 Å². The van der Waals surface area contributed by atoms with Gasteiger partial charge in [0.1, 0.15) is 49.9 Å². The maximum Gasteiger partial charge on any atom is 0.490 e. The van der Waals surface area contributed by atoms with E-state index in [2.05, 4.69) is 67.5 Å². The molecule has 38 heteroatoms. The molecule has 0 aliphatic heterocycles. The number of aliphatic carboxylic acids is 2. The number of alkyl carbamates (subject to hydrolysis) is 2. The van der Waals surface area contributed by atoms with Gasteiger partial charge >= 0.3 is 47.2 Å². The summed E-state index contributed by atoms with van der Waals surface area (Å²) < 4.78 is 74.6. The van der Waals surface area contributed by atoms with Crippen LogP contribution in [0.25, 0.3) is 32.9 Å².